The molecular formula is C32H26BrN3O7S2. The largest absolute Gasteiger partial charge is 0.497 e. The number of nitrogens with one attached hydrogen (secondary N) is 1. The van der Waals surface area contributed by atoms with E-state index in [-0.39, 0.29) is 18.0 Å². The number of carbonyl (C=O) groups excluding carboxylic acids is 4. The van der Waals surface area contributed by atoms with Crippen LogP contribution in [0.15, 0.2) is 87.1 Å². The number of thioether (sulfide) groups is 1. The number of hydrogen-bond acceptors (Lipinski definition) is 9. The van der Waals surface area contributed by atoms with E-state index >= 15 is 0 Å². The van der Waals surface area contributed by atoms with Gasteiger partial charge in [0.05, 0.1) is 35.9 Å². The van der Waals surface area contributed by atoms with Crippen molar-refractivity contribution in [3.8, 4) is 5.75 Å². The van der Waals surface area contributed by atoms with Crippen molar-refractivity contribution in [1.29, 1.82) is 0 Å². The summed E-state index contributed by atoms with van der Waals surface area (Å²) < 4.78 is 12.4. The molecule has 230 valence electrons. The number of esters is 1. The van der Waals surface area contributed by atoms with Crippen molar-refractivity contribution in [2.45, 2.75) is 29.7 Å². The molecule has 6 rings (SSSR count). The maximum Gasteiger partial charge on any atom is 0.338 e. The van der Waals surface area contributed by atoms with Gasteiger partial charge >= 0.3 is 10.8 Å². The number of imide groups is 1. The molecule has 0 radical (unpaired) electrons. The van der Waals surface area contributed by atoms with Crippen LogP contribution in [0.4, 0.5) is 11.4 Å². The normalized spacial score (nSPS) is 18.7. The minimum absolute atomic E-state index is 0.222. The molecule has 4 aromatic rings. The topological polar surface area (TPSA) is 124 Å². The number of methoxy groups -OCH3 is 1. The Morgan fingerprint density at radius 1 is 0.933 bits per heavy atom. The molecule has 13 heteroatoms. The fourth-order valence-corrected chi connectivity index (χ4v) is 8.56. The monoisotopic (exact) mass is 707 g/mol. The van der Waals surface area contributed by atoms with Crippen molar-refractivity contribution in [3.05, 3.63) is 103 Å². The molecule has 2 unspecified atom stereocenters. The Kier molecular flexibility index (Phi) is 8.67. The molecule has 0 saturated carbocycles. The maximum atomic E-state index is 14.1. The first-order valence-electron chi connectivity index (χ1n) is 13.9. The van der Waals surface area contributed by atoms with Crippen molar-refractivity contribution >= 4 is 74.1 Å². The minimum Gasteiger partial charge on any atom is -0.497 e. The Balaban J connectivity index is 1.35. The number of nitrogens with zero attached hydrogens (tertiary/aromatic N) is 2. The van der Waals surface area contributed by atoms with E-state index in [0.29, 0.717) is 32.6 Å². The highest BCUT2D eigenvalue weighted by atomic mass is 79.9. The molecule has 2 aliphatic rings. The fourth-order valence-electron chi connectivity index (χ4n) is 5.52. The lowest BCUT2D eigenvalue weighted by Gasteiger charge is -2.30. The maximum absolute atomic E-state index is 14.1. The summed E-state index contributed by atoms with van der Waals surface area (Å²) in [7, 11) is 1.55. The number of aromatic nitrogens is 1. The molecule has 0 aliphatic carbocycles. The van der Waals surface area contributed by atoms with E-state index in [1.54, 1.807) is 50.4 Å². The lowest BCUT2D eigenvalue weighted by atomic mass is 9.83. The van der Waals surface area contributed by atoms with Gasteiger partial charge in [-0.2, -0.15) is 0 Å². The number of fused-ring (bicyclic) bond motifs is 2. The van der Waals surface area contributed by atoms with Crippen molar-refractivity contribution < 1.29 is 28.7 Å². The van der Waals surface area contributed by atoms with E-state index < -0.39 is 40.8 Å². The van der Waals surface area contributed by atoms with Crippen molar-refractivity contribution in [2.24, 2.45) is 5.92 Å². The molecule has 1 aromatic heterocycles. The number of benzene rings is 3. The van der Waals surface area contributed by atoms with E-state index in [2.05, 4.69) is 21.2 Å². The third-order valence-corrected chi connectivity index (χ3v) is 10.7. The van der Waals surface area contributed by atoms with Gasteiger partial charge in [0.15, 0.2) is 0 Å². The van der Waals surface area contributed by atoms with E-state index in [4.69, 9.17) is 9.47 Å². The average molecular weight is 709 g/mol. The van der Waals surface area contributed by atoms with Crippen LogP contribution in [0.5, 0.6) is 5.75 Å². The summed E-state index contributed by atoms with van der Waals surface area (Å²) in [5.41, 5.74) is 1.95. The zero-order valence-corrected chi connectivity index (χ0v) is 27.2. The van der Waals surface area contributed by atoms with Gasteiger partial charge in [0.1, 0.15) is 17.5 Å². The summed E-state index contributed by atoms with van der Waals surface area (Å²) in [4.78, 5) is 68.1. The zero-order chi connectivity index (χ0) is 31.8. The summed E-state index contributed by atoms with van der Waals surface area (Å²) in [5, 5.41) is 2.45. The number of anilines is 2. The number of rotatable bonds is 8. The van der Waals surface area contributed by atoms with E-state index in [0.717, 1.165) is 38.0 Å². The van der Waals surface area contributed by atoms with E-state index in [1.165, 1.54) is 16.7 Å². The van der Waals surface area contributed by atoms with Crippen molar-refractivity contribution in [3.63, 3.8) is 0 Å². The smallest absolute Gasteiger partial charge is 0.338 e. The highest BCUT2D eigenvalue weighted by molar-refractivity contribution is 9.10. The first-order valence-corrected chi connectivity index (χ1v) is 16.4. The van der Waals surface area contributed by atoms with Gasteiger partial charge in [0.25, 0.3) is 0 Å². The van der Waals surface area contributed by atoms with Crippen LogP contribution in [0, 0.1) is 5.92 Å². The first-order chi connectivity index (χ1) is 21.7. The Morgan fingerprint density at radius 2 is 1.62 bits per heavy atom. The molecule has 1 N–H and O–H groups in total. The van der Waals surface area contributed by atoms with Gasteiger partial charge in [-0.3, -0.25) is 23.7 Å². The summed E-state index contributed by atoms with van der Waals surface area (Å²) in [5.74, 6) is -2.49. The molecule has 3 heterocycles. The van der Waals surface area contributed by atoms with Gasteiger partial charge in [-0.05, 0) is 73.2 Å². The number of halogens is 1. The molecule has 1 fully saturated rings. The first kappa shape index (κ1) is 30.8. The van der Waals surface area contributed by atoms with Crippen LogP contribution in [-0.4, -0.2) is 47.2 Å². The Hall–Kier alpha value is -4.20. The highest BCUT2D eigenvalue weighted by Gasteiger charge is 2.56. The average Bonchev–Trinajstić information content (AvgIpc) is 3.48. The summed E-state index contributed by atoms with van der Waals surface area (Å²) in [6.07, 6.45) is 0. The standard InChI is InChI=1S/C32H26BrN3O7S2/c1-3-43-31(40)18-6-12-21(13-7-18)36-28(38)25-24(17-4-8-19(33)9-5-17)27-30(44-26(25)29(36)39)35(32(41)45-27)16-23(37)34-20-10-14-22(42-2)15-11-20/h4-15,24-26H,3,16H2,1-2H3,(H,34,37)/t24-,25?,26?/m1/s1. The molecule has 3 aromatic carbocycles. The molecule has 0 bridgehead atoms. The zero-order valence-electron chi connectivity index (χ0n) is 24.0. The molecule has 0 spiro atoms. The molecule has 45 heavy (non-hydrogen) atoms. The second kappa shape index (κ2) is 12.7. The van der Waals surface area contributed by atoms with Crippen LogP contribution in [0.25, 0.3) is 0 Å². The van der Waals surface area contributed by atoms with Crippen LogP contribution >= 0.6 is 39.0 Å². The van der Waals surface area contributed by atoms with Crippen LogP contribution in [0.3, 0.4) is 0 Å². The third-order valence-electron chi connectivity index (χ3n) is 7.59. The van der Waals surface area contributed by atoms with Crippen LogP contribution in [0.2, 0.25) is 0 Å². The predicted octanol–water partition coefficient (Wildman–Crippen LogP) is 5.29. The molecule has 10 nitrogen and oxygen atoms in total. The van der Waals surface area contributed by atoms with Crippen molar-refractivity contribution in [1.82, 2.24) is 4.57 Å². The third kappa shape index (κ3) is 5.83. The van der Waals surface area contributed by atoms with Crippen molar-refractivity contribution in [2.75, 3.05) is 23.9 Å². The Morgan fingerprint density at radius 3 is 2.27 bits per heavy atom. The van der Waals surface area contributed by atoms with Gasteiger partial charge in [-0.25, -0.2) is 9.69 Å². The number of hydrogen-bond donors (Lipinski definition) is 1. The number of amides is 3. The van der Waals surface area contributed by atoms with Gasteiger partial charge in [-0.1, -0.05) is 51.2 Å². The predicted molar refractivity (Wildman–Crippen MR) is 174 cm³/mol. The van der Waals surface area contributed by atoms with Gasteiger partial charge in [0, 0.05) is 21.0 Å². The quantitative estimate of drug-likeness (QED) is 0.194. The van der Waals surface area contributed by atoms with E-state index in [9.17, 15) is 24.0 Å². The molecule has 2 aliphatic heterocycles. The number of thiazole rings is 1. The lowest BCUT2D eigenvalue weighted by Crippen LogP contribution is -2.33. The van der Waals surface area contributed by atoms with Gasteiger partial charge in [-0.15, -0.1) is 0 Å². The second-order valence-electron chi connectivity index (χ2n) is 10.3. The molecular weight excluding hydrogens is 682 g/mol. The summed E-state index contributed by atoms with van der Waals surface area (Å²) in [6, 6.07) is 20.4. The van der Waals surface area contributed by atoms with Gasteiger partial charge in [0.2, 0.25) is 17.7 Å². The molecule has 3 amide bonds. The Labute approximate surface area is 274 Å². The lowest BCUT2D eigenvalue weighted by molar-refractivity contribution is -0.122. The van der Waals surface area contributed by atoms with Gasteiger partial charge < -0.3 is 14.8 Å². The minimum atomic E-state index is -0.840. The molecule has 3 atom stereocenters. The number of ether oxygens (including phenoxy) is 2. The molecule has 1 saturated heterocycles. The SMILES string of the molecule is CCOC(=O)c1ccc(N2C(=O)C3Sc4c(sc(=O)n4CC(=O)Nc4ccc(OC)cc4)[C@H](c4ccc(Br)cc4)C3C2=O)cc1. The number of carbonyl (C=O) groups is 4. The van der Waals surface area contributed by atoms with E-state index in [1.807, 2.05) is 24.3 Å². The second-order valence-corrected chi connectivity index (χ2v) is 13.3. The highest BCUT2D eigenvalue weighted by Crippen LogP contribution is 2.54. The van der Waals surface area contributed by atoms with Crippen LogP contribution < -0.4 is 19.8 Å². The van der Waals surface area contributed by atoms with Crippen LogP contribution in [0.1, 0.15) is 33.6 Å². The summed E-state index contributed by atoms with van der Waals surface area (Å²) >= 11 is 5.57. The summed E-state index contributed by atoms with van der Waals surface area (Å²) in [6.45, 7) is 1.66. The fraction of sp³-hybridized carbons (Fsp3) is 0.219. The Bertz CT molecular complexity index is 1850. The van der Waals surface area contributed by atoms with Crippen LogP contribution in [-0.2, 0) is 25.7 Å².